The summed E-state index contributed by atoms with van der Waals surface area (Å²) in [6.45, 7) is 3.54. The molecule has 1 saturated heterocycles. The highest BCUT2D eigenvalue weighted by molar-refractivity contribution is 7.89. The van der Waals surface area contributed by atoms with Gasteiger partial charge in [0, 0.05) is 37.6 Å². The van der Waals surface area contributed by atoms with Crippen LogP contribution >= 0.6 is 0 Å². The van der Waals surface area contributed by atoms with Crippen LogP contribution in [0.15, 0.2) is 17.2 Å². The molecule has 1 aromatic rings. The van der Waals surface area contributed by atoms with Crippen molar-refractivity contribution in [2.75, 3.05) is 19.7 Å². The van der Waals surface area contributed by atoms with Crippen molar-refractivity contribution < 1.29 is 13.2 Å². The first kappa shape index (κ1) is 14.1. The summed E-state index contributed by atoms with van der Waals surface area (Å²) in [7, 11) is -3.44. The van der Waals surface area contributed by atoms with Crippen molar-refractivity contribution >= 4 is 10.0 Å². The van der Waals surface area contributed by atoms with E-state index in [4.69, 9.17) is 10.5 Å². The van der Waals surface area contributed by atoms with E-state index < -0.39 is 10.0 Å². The van der Waals surface area contributed by atoms with Crippen LogP contribution in [-0.2, 0) is 21.3 Å². The Kier molecular flexibility index (Phi) is 3.62. The topological polar surface area (TPSA) is 77.6 Å². The molecule has 2 aliphatic rings. The molecule has 1 unspecified atom stereocenters. The predicted molar refractivity (Wildman–Crippen MR) is 74.8 cm³/mol. The summed E-state index contributed by atoms with van der Waals surface area (Å²) in [5.74, 6) is 0. The minimum absolute atomic E-state index is 0.0574. The molecule has 7 heteroatoms. The monoisotopic (exact) mass is 299 g/mol. The lowest BCUT2D eigenvalue weighted by Crippen LogP contribution is -2.44. The summed E-state index contributed by atoms with van der Waals surface area (Å²) in [4.78, 5) is 0.360. The van der Waals surface area contributed by atoms with Crippen molar-refractivity contribution in [2.45, 2.75) is 43.4 Å². The smallest absolute Gasteiger partial charge is 0.244 e. The Morgan fingerprint density at radius 1 is 1.45 bits per heavy atom. The zero-order valence-electron chi connectivity index (χ0n) is 11.7. The zero-order valence-corrected chi connectivity index (χ0v) is 12.5. The number of nitrogens with zero attached hydrogens (tertiary/aromatic N) is 2. The molecule has 1 aromatic heterocycles. The van der Waals surface area contributed by atoms with Crippen molar-refractivity contribution in [1.29, 1.82) is 0 Å². The Morgan fingerprint density at radius 2 is 2.20 bits per heavy atom. The lowest BCUT2D eigenvalue weighted by molar-refractivity contribution is 0.0102. The Morgan fingerprint density at radius 3 is 2.80 bits per heavy atom. The van der Waals surface area contributed by atoms with Crippen molar-refractivity contribution in [3.05, 3.63) is 18.0 Å². The number of hydrogen-bond donors (Lipinski definition) is 1. The van der Waals surface area contributed by atoms with Gasteiger partial charge < -0.3 is 15.0 Å². The minimum atomic E-state index is -3.44. The third-order valence-corrected chi connectivity index (χ3v) is 5.73. The van der Waals surface area contributed by atoms with Crippen LogP contribution in [0, 0.1) is 0 Å². The number of rotatable bonds is 4. The van der Waals surface area contributed by atoms with Gasteiger partial charge in [-0.3, -0.25) is 0 Å². The van der Waals surface area contributed by atoms with Crippen molar-refractivity contribution in [3.63, 3.8) is 0 Å². The van der Waals surface area contributed by atoms with Crippen LogP contribution in [0.1, 0.15) is 31.5 Å². The fourth-order valence-electron chi connectivity index (χ4n) is 2.65. The first-order valence-corrected chi connectivity index (χ1v) is 8.49. The van der Waals surface area contributed by atoms with Gasteiger partial charge in [-0.05, 0) is 25.8 Å². The van der Waals surface area contributed by atoms with Gasteiger partial charge in [0.1, 0.15) is 4.90 Å². The number of nitrogens with two attached hydrogens (primary N) is 1. The van der Waals surface area contributed by atoms with Crippen LogP contribution in [0.3, 0.4) is 0 Å². The van der Waals surface area contributed by atoms with E-state index in [2.05, 4.69) is 0 Å². The Balaban J connectivity index is 1.90. The van der Waals surface area contributed by atoms with E-state index >= 15 is 0 Å². The van der Waals surface area contributed by atoms with E-state index in [1.807, 2.05) is 11.5 Å². The summed E-state index contributed by atoms with van der Waals surface area (Å²) in [5, 5.41) is 0. The first-order chi connectivity index (χ1) is 9.52. The van der Waals surface area contributed by atoms with Gasteiger partial charge >= 0.3 is 0 Å². The third-order valence-electron chi connectivity index (χ3n) is 3.90. The van der Waals surface area contributed by atoms with E-state index in [0.717, 1.165) is 18.5 Å². The predicted octanol–water partition coefficient (Wildman–Crippen LogP) is 0.691. The van der Waals surface area contributed by atoms with Gasteiger partial charge in [-0.1, -0.05) is 0 Å². The summed E-state index contributed by atoms with van der Waals surface area (Å²) in [6, 6.07) is 2.15. The SMILES string of the molecule is CC1CN(S(=O)(=O)c2cc(CN)n(C3CC3)c2)CCO1. The van der Waals surface area contributed by atoms with E-state index in [9.17, 15) is 8.42 Å². The number of hydrogen-bond acceptors (Lipinski definition) is 4. The fraction of sp³-hybridized carbons (Fsp3) is 0.692. The Bertz CT molecular complexity index is 592. The van der Waals surface area contributed by atoms with E-state index in [-0.39, 0.29) is 6.10 Å². The van der Waals surface area contributed by atoms with Crippen LogP contribution in [0.2, 0.25) is 0 Å². The molecule has 2 fully saturated rings. The van der Waals surface area contributed by atoms with Gasteiger partial charge in [0.25, 0.3) is 0 Å². The van der Waals surface area contributed by atoms with Crippen LogP contribution < -0.4 is 5.73 Å². The van der Waals surface area contributed by atoms with Gasteiger partial charge in [0.2, 0.25) is 10.0 Å². The highest BCUT2D eigenvalue weighted by atomic mass is 32.2. The van der Waals surface area contributed by atoms with Gasteiger partial charge in [-0.15, -0.1) is 0 Å². The molecule has 1 saturated carbocycles. The van der Waals surface area contributed by atoms with Crippen LogP contribution in [-0.4, -0.2) is 43.1 Å². The number of ether oxygens (including phenoxy) is 1. The third kappa shape index (κ3) is 2.50. The average Bonchev–Trinajstić information content (AvgIpc) is 3.17. The van der Waals surface area contributed by atoms with Crippen LogP contribution in [0.25, 0.3) is 0 Å². The number of aromatic nitrogens is 1. The molecular weight excluding hydrogens is 278 g/mol. The molecular formula is C13H21N3O3S. The number of morpholine rings is 1. The number of sulfonamides is 1. The molecule has 2 heterocycles. The Labute approximate surface area is 119 Å². The molecule has 6 nitrogen and oxygen atoms in total. The highest BCUT2D eigenvalue weighted by Crippen LogP contribution is 2.37. The molecule has 1 aliphatic heterocycles. The van der Waals surface area contributed by atoms with Gasteiger partial charge in [0.15, 0.2) is 0 Å². The largest absolute Gasteiger partial charge is 0.376 e. The molecule has 0 spiro atoms. The van der Waals surface area contributed by atoms with Crippen molar-refractivity contribution in [2.24, 2.45) is 5.73 Å². The summed E-state index contributed by atoms with van der Waals surface area (Å²) >= 11 is 0. The molecule has 3 rings (SSSR count). The molecule has 0 radical (unpaired) electrons. The molecule has 1 aliphatic carbocycles. The van der Waals surface area contributed by atoms with Gasteiger partial charge in [0.05, 0.1) is 12.7 Å². The molecule has 0 amide bonds. The first-order valence-electron chi connectivity index (χ1n) is 7.05. The molecule has 20 heavy (non-hydrogen) atoms. The van der Waals surface area contributed by atoms with E-state index in [1.54, 1.807) is 12.3 Å². The fourth-order valence-corrected chi connectivity index (χ4v) is 4.20. The van der Waals surface area contributed by atoms with E-state index in [1.165, 1.54) is 4.31 Å². The van der Waals surface area contributed by atoms with E-state index in [0.29, 0.717) is 37.2 Å². The molecule has 0 aromatic carbocycles. The van der Waals surface area contributed by atoms with Crippen LogP contribution in [0.5, 0.6) is 0 Å². The highest BCUT2D eigenvalue weighted by Gasteiger charge is 2.32. The maximum Gasteiger partial charge on any atom is 0.244 e. The average molecular weight is 299 g/mol. The second-order valence-electron chi connectivity index (χ2n) is 5.55. The summed E-state index contributed by atoms with van der Waals surface area (Å²) < 4.78 is 34.3. The quantitative estimate of drug-likeness (QED) is 0.887. The van der Waals surface area contributed by atoms with Crippen molar-refractivity contribution in [3.8, 4) is 0 Å². The zero-order chi connectivity index (χ0) is 14.3. The lowest BCUT2D eigenvalue weighted by Gasteiger charge is -2.29. The Hall–Kier alpha value is -0.890. The maximum atomic E-state index is 12.7. The summed E-state index contributed by atoms with van der Waals surface area (Å²) in [5.41, 5.74) is 6.62. The van der Waals surface area contributed by atoms with Crippen molar-refractivity contribution in [1.82, 2.24) is 8.87 Å². The maximum absolute atomic E-state index is 12.7. The molecule has 0 bridgehead atoms. The lowest BCUT2D eigenvalue weighted by atomic mass is 10.3. The second kappa shape index (κ2) is 5.14. The van der Waals surface area contributed by atoms with Gasteiger partial charge in [-0.2, -0.15) is 4.31 Å². The molecule has 1 atom stereocenters. The molecule has 2 N–H and O–H groups in total. The van der Waals surface area contributed by atoms with Crippen LogP contribution in [0.4, 0.5) is 0 Å². The molecule has 112 valence electrons. The normalized spacial score (nSPS) is 25.0. The second-order valence-corrected chi connectivity index (χ2v) is 7.49. The summed E-state index contributed by atoms with van der Waals surface area (Å²) in [6.07, 6.45) is 3.90. The minimum Gasteiger partial charge on any atom is -0.376 e. The van der Waals surface area contributed by atoms with Gasteiger partial charge in [-0.25, -0.2) is 8.42 Å². The standard InChI is InChI=1S/C13H21N3O3S/c1-10-8-15(4-5-19-10)20(17,18)13-6-12(7-14)16(9-13)11-2-3-11/h6,9-11H,2-5,7-8,14H2,1H3.